The number of carbonyl (C=O) groups excluding carboxylic acids is 1. The summed E-state index contributed by atoms with van der Waals surface area (Å²) in [5.74, 6) is 1.68. The van der Waals surface area contributed by atoms with E-state index in [2.05, 4.69) is 10.2 Å². The average molecular weight is 377 g/mol. The summed E-state index contributed by atoms with van der Waals surface area (Å²) in [7, 11) is 3.56. The van der Waals surface area contributed by atoms with Crippen molar-refractivity contribution in [1.82, 2.24) is 19.7 Å². The molecule has 6 nitrogen and oxygen atoms in total. The zero-order valence-corrected chi connectivity index (χ0v) is 17.4. The Kier molecular flexibility index (Phi) is 6.69. The maximum Gasteiger partial charge on any atom is 0.236 e. The van der Waals surface area contributed by atoms with Gasteiger partial charge in [-0.3, -0.25) is 4.79 Å². The average Bonchev–Trinajstić information content (AvgIpc) is 2.95. The molecule has 0 fully saturated rings. The second-order valence-corrected chi connectivity index (χ2v) is 8.09. The molecule has 1 aromatic carbocycles. The van der Waals surface area contributed by atoms with E-state index in [1.807, 2.05) is 75.4 Å². The summed E-state index contributed by atoms with van der Waals surface area (Å²) >= 11 is 1.44. The van der Waals surface area contributed by atoms with Crippen molar-refractivity contribution in [3.63, 3.8) is 0 Å². The molecule has 0 N–H and O–H groups in total. The number of amides is 1. The molecule has 0 spiro atoms. The van der Waals surface area contributed by atoms with Gasteiger partial charge >= 0.3 is 0 Å². The predicted octanol–water partition coefficient (Wildman–Crippen LogP) is 3.62. The van der Waals surface area contributed by atoms with Gasteiger partial charge in [0.25, 0.3) is 0 Å². The van der Waals surface area contributed by atoms with Gasteiger partial charge in [0.1, 0.15) is 5.75 Å². The molecule has 0 bridgehead atoms. The minimum Gasteiger partial charge on any atom is -0.497 e. The van der Waals surface area contributed by atoms with E-state index in [1.54, 1.807) is 7.11 Å². The van der Waals surface area contributed by atoms with Crippen molar-refractivity contribution >= 4 is 17.7 Å². The molecule has 7 heteroatoms. The van der Waals surface area contributed by atoms with E-state index in [1.165, 1.54) is 11.8 Å². The maximum atomic E-state index is 12.8. The van der Waals surface area contributed by atoms with Crippen molar-refractivity contribution in [3.8, 4) is 17.1 Å². The number of ether oxygens (including phenoxy) is 1. The van der Waals surface area contributed by atoms with Gasteiger partial charge in [-0.1, -0.05) is 11.8 Å². The summed E-state index contributed by atoms with van der Waals surface area (Å²) in [4.78, 5) is 14.7. The molecule has 1 aromatic heterocycles. The zero-order valence-electron chi connectivity index (χ0n) is 16.6. The molecule has 1 amide bonds. The smallest absolute Gasteiger partial charge is 0.236 e. The van der Waals surface area contributed by atoms with Crippen LogP contribution >= 0.6 is 11.8 Å². The van der Waals surface area contributed by atoms with Gasteiger partial charge in [0.2, 0.25) is 5.91 Å². The van der Waals surface area contributed by atoms with E-state index < -0.39 is 0 Å². The second-order valence-electron chi connectivity index (χ2n) is 6.79. The summed E-state index contributed by atoms with van der Waals surface area (Å²) in [6, 6.07) is 8.02. The number of rotatable bonds is 7. The molecule has 0 radical (unpaired) electrons. The molecule has 0 aliphatic rings. The molecule has 1 atom stereocenters. The molecule has 2 aromatic rings. The van der Waals surface area contributed by atoms with Crippen molar-refractivity contribution in [2.24, 2.45) is 7.05 Å². The van der Waals surface area contributed by atoms with Crippen LogP contribution in [-0.4, -0.2) is 50.0 Å². The number of nitrogens with zero attached hydrogens (tertiary/aromatic N) is 4. The van der Waals surface area contributed by atoms with E-state index in [9.17, 15) is 4.79 Å². The molecule has 0 unspecified atom stereocenters. The van der Waals surface area contributed by atoms with Crippen LogP contribution in [0.3, 0.4) is 0 Å². The first-order valence-corrected chi connectivity index (χ1v) is 9.66. The number of aromatic nitrogens is 3. The van der Waals surface area contributed by atoms with Crippen molar-refractivity contribution in [1.29, 1.82) is 0 Å². The first-order chi connectivity index (χ1) is 12.3. The first-order valence-electron chi connectivity index (χ1n) is 8.78. The SMILES string of the molecule is COc1ccc(-c2nnc(S[C@H](C)C(=O)N(C(C)C)C(C)C)n2C)cc1. The maximum absolute atomic E-state index is 12.8. The molecule has 0 aliphatic carbocycles. The van der Waals surface area contributed by atoms with Crippen LogP contribution in [0.15, 0.2) is 29.4 Å². The third kappa shape index (κ3) is 4.38. The van der Waals surface area contributed by atoms with Crippen LogP contribution in [0.1, 0.15) is 34.6 Å². The Morgan fingerprint density at radius 2 is 1.65 bits per heavy atom. The predicted molar refractivity (Wildman–Crippen MR) is 105 cm³/mol. The fraction of sp³-hybridized carbons (Fsp3) is 0.526. The molecular weight excluding hydrogens is 348 g/mol. The van der Waals surface area contributed by atoms with Gasteiger partial charge in [0.15, 0.2) is 11.0 Å². The van der Waals surface area contributed by atoms with Gasteiger partial charge in [0.05, 0.1) is 12.4 Å². The largest absolute Gasteiger partial charge is 0.497 e. The Bertz CT molecular complexity index is 732. The third-order valence-electron chi connectivity index (χ3n) is 4.18. The van der Waals surface area contributed by atoms with E-state index in [-0.39, 0.29) is 23.2 Å². The normalized spacial score (nSPS) is 12.5. The Morgan fingerprint density at radius 3 is 2.15 bits per heavy atom. The fourth-order valence-corrected chi connectivity index (χ4v) is 3.80. The lowest BCUT2D eigenvalue weighted by Gasteiger charge is -2.32. The lowest BCUT2D eigenvalue weighted by atomic mass is 10.2. The number of hydrogen-bond donors (Lipinski definition) is 0. The van der Waals surface area contributed by atoms with Crippen molar-refractivity contribution in [3.05, 3.63) is 24.3 Å². The Hall–Kier alpha value is -2.02. The van der Waals surface area contributed by atoms with E-state index in [4.69, 9.17) is 4.74 Å². The highest BCUT2D eigenvalue weighted by Crippen LogP contribution is 2.28. The number of benzene rings is 1. The van der Waals surface area contributed by atoms with Gasteiger partial charge < -0.3 is 14.2 Å². The minimum absolute atomic E-state index is 0.119. The fourth-order valence-electron chi connectivity index (χ4n) is 2.93. The summed E-state index contributed by atoms with van der Waals surface area (Å²) in [6.07, 6.45) is 0. The Morgan fingerprint density at radius 1 is 1.08 bits per heavy atom. The van der Waals surface area contributed by atoms with Gasteiger partial charge in [-0.05, 0) is 58.9 Å². The summed E-state index contributed by atoms with van der Waals surface area (Å²) in [5, 5.41) is 9.07. The highest BCUT2D eigenvalue weighted by molar-refractivity contribution is 8.00. The quantitative estimate of drug-likeness (QED) is 0.691. The van der Waals surface area contributed by atoms with Crippen molar-refractivity contribution in [2.75, 3.05) is 7.11 Å². The minimum atomic E-state index is -0.230. The van der Waals surface area contributed by atoms with Gasteiger partial charge in [-0.2, -0.15) is 0 Å². The number of methoxy groups -OCH3 is 1. The molecule has 142 valence electrons. The Labute approximate surface area is 159 Å². The standard InChI is InChI=1S/C19H28N4O2S/c1-12(2)23(13(3)4)18(24)14(5)26-19-21-20-17(22(19)6)15-8-10-16(25-7)11-9-15/h8-14H,1-7H3/t14-/m1/s1. The molecule has 0 aliphatic heterocycles. The van der Waals surface area contributed by atoms with Crippen LogP contribution in [0.4, 0.5) is 0 Å². The number of carbonyl (C=O) groups is 1. The molecule has 0 saturated heterocycles. The van der Waals surface area contributed by atoms with Crippen molar-refractivity contribution < 1.29 is 9.53 Å². The van der Waals surface area contributed by atoms with Crippen LogP contribution in [0, 0.1) is 0 Å². The van der Waals surface area contributed by atoms with Gasteiger partial charge in [-0.15, -0.1) is 10.2 Å². The summed E-state index contributed by atoms with van der Waals surface area (Å²) < 4.78 is 7.11. The highest BCUT2D eigenvalue weighted by Gasteiger charge is 2.27. The topological polar surface area (TPSA) is 60.3 Å². The summed E-state index contributed by atoms with van der Waals surface area (Å²) in [5.41, 5.74) is 0.956. The molecule has 1 heterocycles. The van der Waals surface area contributed by atoms with Crippen LogP contribution < -0.4 is 4.74 Å². The van der Waals surface area contributed by atoms with E-state index in [0.717, 1.165) is 22.3 Å². The van der Waals surface area contributed by atoms with Crippen molar-refractivity contribution in [2.45, 2.75) is 57.1 Å². The number of thioether (sulfide) groups is 1. The van der Waals surface area contributed by atoms with E-state index >= 15 is 0 Å². The third-order valence-corrected chi connectivity index (χ3v) is 5.30. The number of hydrogen-bond acceptors (Lipinski definition) is 5. The first kappa shape index (κ1) is 20.3. The lowest BCUT2D eigenvalue weighted by Crippen LogP contribution is -2.45. The Balaban J connectivity index is 2.17. The van der Waals surface area contributed by atoms with Crippen LogP contribution in [0.25, 0.3) is 11.4 Å². The monoisotopic (exact) mass is 376 g/mol. The zero-order chi connectivity index (χ0) is 19.4. The van der Waals surface area contributed by atoms with Gasteiger partial charge in [0, 0.05) is 24.7 Å². The highest BCUT2D eigenvalue weighted by atomic mass is 32.2. The van der Waals surface area contributed by atoms with Crippen LogP contribution in [0.2, 0.25) is 0 Å². The summed E-state index contributed by atoms with van der Waals surface area (Å²) in [6.45, 7) is 10.1. The van der Waals surface area contributed by atoms with Gasteiger partial charge in [-0.25, -0.2) is 0 Å². The second kappa shape index (κ2) is 8.58. The molecule has 26 heavy (non-hydrogen) atoms. The van der Waals surface area contributed by atoms with Crippen LogP contribution in [0.5, 0.6) is 5.75 Å². The molecular formula is C19H28N4O2S. The lowest BCUT2D eigenvalue weighted by molar-refractivity contribution is -0.133. The molecule has 2 rings (SSSR count). The van der Waals surface area contributed by atoms with E-state index in [0.29, 0.717) is 0 Å². The molecule has 0 saturated carbocycles. The van der Waals surface area contributed by atoms with Crippen LogP contribution in [-0.2, 0) is 11.8 Å².